The third-order valence-electron chi connectivity index (χ3n) is 3.42. The second kappa shape index (κ2) is 6.61. The van der Waals surface area contributed by atoms with Crippen LogP contribution < -0.4 is 5.32 Å². The average molecular weight is 226 g/mol. The summed E-state index contributed by atoms with van der Waals surface area (Å²) in [5.41, 5.74) is 0.268. The maximum absolute atomic E-state index is 3.54. The lowest BCUT2D eigenvalue weighted by Gasteiger charge is -2.23. The highest BCUT2D eigenvalue weighted by atomic mass is 15.1. The van der Waals surface area contributed by atoms with Gasteiger partial charge in [-0.2, -0.15) is 0 Å². The molecular formula is C14H30N2. The van der Waals surface area contributed by atoms with Gasteiger partial charge in [-0.05, 0) is 66.1 Å². The van der Waals surface area contributed by atoms with Crippen molar-refractivity contribution in [1.82, 2.24) is 10.2 Å². The van der Waals surface area contributed by atoms with Gasteiger partial charge in [0.2, 0.25) is 0 Å². The van der Waals surface area contributed by atoms with Crippen molar-refractivity contribution in [2.24, 2.45) is 5.92 Å². The number of nitrogens with zero attached hydrogens (tertiary/aromatic N) is 1. The van der Waals surface area contributed by atoms with Crippen molar-refractivity contribution in [2.75, 3.05) is 26.7 Å². The van der Waals surface area contributed by atoms with Crippen LogP contribution in [0.2, 0.25) is 0 Å². The van der Waals surface area contributed by atoms with Crippen LogP contribution in [0.3, 0.4) is 0 Å². The molecule has 0 aromatic heterocycles. The van der Waals surface area contributed by atoms with Crippen LogP contribution in [0.5, 0.6) is 0 Å². The minimum atomic E-state index is 0.268. The predicted molar refractivity (Wildman–Crippen MR) is 71.8 cm³/mol. The minimum absolute atomic E-state index is 0.268. The Morgan fingerprint density at radius 2 is 1.81 bits per heavy atom. The lowest BCUT2D eigenvalue weighted by molar-refractivity contribution is 0.269. The molecule has 0 heterocycles. The van der Waals surface area contributed by atoms with Crippen LogP contribution in [0.25, 0.3) is 0 Å². The Bertz CT molecular complexity index is 178. The zero-order chi connectivity index (χ0) is 12.0. The van der Waals surface area contributed by atoms with Gasteiger partial charge in [-0.3, -0.25) is 0 Å². The third-order valence-corrected chi connectivity index (χ3v) is 3.42. The molecule has 1 aliphatic rings. The summed E-state index contributed by atoms with van der Waals surface area (Å²) in [5.74, 6) is 0.987. The highest BCUT2D eigenvalue weighted by molar-refractivity contribution is 4.72. The molecule has 1 rings (SSSR count). The summed E-state index contributed by atoms with van der Waals surface area (Å²) in [6.45, 7) is 10.4. The van der Waals surface area contributed by atoms with Crippen molar-refractivity contribution >= 4 is 0 Å². The number of nitrogens with one attached hydrogen (secondary N) is 1. The van der Waals surface area contributed by atoms with Crippen LogP contribution in [0.4, 0.5) is 0 Å². The van der Waals surface area contributed by atoms with Crippen LogP contribution in [0.15, 0.2) is 0 Å². The van der Waals surface area contributed by atoms with Gasteiger partial charge in [0.1, 0.15) is 0 Å². The third kappa shape index (κ3) is 6.49. The second-order valence-corrected chi connectivity index (χ2v) is 6.44. The molecule has 0 radical (unpaired) electrons. The average Bonchev–Trinajstić information content (AvgIpc) is 2.63. The van der Waals surface area contributed by atoms with Gasteiger partial charge in [-0.15, -0.1) is 0 Å². The molecule has 16 heavy (non-hydrogen) atoms. The molecule has 0 aromatic rings. The van der Waals surface area contributed by atoms with E-state index in [-0.39, 0.29) is 5.54 Å². The summed E-state index contributed by atoms with van der Waals surface area (Å²) in [4.78, 5) is 2.51. The molecule has 0 aliphatic heterocycles. The Morgan fingerprint density at radius 3 is 2.38 bits per heavy atom. The van der Waals surface area contributed by atoms with Gasteiger partial charge in [0, 0.05) is 12.1 Å². The van der Waals surface area contributed by atoms with E-state index < -0.39 is 0 Å². The second-order valence-electron chi connectivity index (χ2n) is 6.44. The molecule has 0 unspecified atom stereocenters. The maximum Gasteiger partial charge on any atom is 0.00965 e. The van der Waals surface area contributed by atoms with Crippen LogP contribution in [-0.4, -0.2) is 37.1 Å². The Labute approximate surface area is 102 Å². The first-order chi connectivity index (χ1) is 7.47. The lowest BCUT2D eigenvalue weighted by atomic mass is 10.1. The zero-order valence-electron chi connectivity index (χ0n) is 11.7. The summed E-state index contributed by atoms with van der Waals surface area (Å²) >= 11 is 0. The molecule has 2 nitrogen and oxygen atoms in total. The Hall–Kier alpha value is -0.0800. The predicted octanol–water partition coefficient (Wildman–Crippen LogP) is 2.89. The van der Waals surface area contributed by atoms with Crippen molar-refractivity contribution in [3.8, 4) is 0 Å². The molecule has 0 spiro atoms. The van der Waals surface area contributed by atoms with E-state index in [2.05, 4.69) is 38.0 Å². The quantitative estimate of drug-likeness (QED) is 0.701. The van der Waals surface area contributed by atoms with Crippen molar-refractivity contribution in [3.05, 3.63) is 0 Å². The number of rotatable bonds is 6. The van der Waals surface area contributed by atoms with Gasteiger partial charge in [0.05, 0.1) is 0 Å². The molecule has 0 saturated heterocycles. The monoisotopic (exact) mass is 226 g/mol. The van der Waals surface area contributed by atoms with E-state index in [4.69, 9.17) is 0 Å². The highest BCUT2D eigenvalue weighted by Gasteiger charge is 2.16. The van der Waals surface area contributed by atoms with Gasteiger partial charge in [-0.1, -0.05) is 12.8 Å². The molecule has 96 valence electrons. The summed E-state index contributed by atoms with van der Waals surface area (Å²) in [7, 11) is 2.27. The van der Waals surface area contributed by atoms with Gasteiger partial charge >= 0.3 is 0 Å². The Morgan fingerprint density at radius 1 is 1.19 bits per heavy atom. The number of hydrogen-bond acceptors (Lipinski definition) is 2. The first kappa shape index (κ1) is 14.0. The SMILES string of the molecule is CN(CCCNC(C)(C)C)CC1CCCC1. The minimum Gasteiger partial charge on any atom is -0.312 e. The Kier molecular flexibility index (Phi) is 5.77. The molecule has 1 aliphatic carbocycles. The molecule has 1 fully saturated rings. The fourth-order valence-corrected chi connectivity index (χ4v) is 2.54. The first-order valence-corrected chi connectivity index (χ1v) is 6.91. The largest absolute Gasteiger partial charge is 0.312 e. The van der Waals surface area contributed by atoms with E-state index in [0.29, 0.717) is 0 Å². The van der Waals surface area contributed by atoms with Crippen LogP contribution in [-0.2, 0) is 0 Å². The zero-order valence-corrected chi connectivity index (χ0v) is 11.7. The standard InChI is InChI=1S/C14H30N2/c1-14(2,3)15-10-7-11-16(4)12-13-8-5-6-9-13/h13,15H,5-12H2,1-4H3. The molecule has 2 heteroatoms. The summed E-state index contributed by atoms with van der Waals surface area (Å²) < 4.78 is 0. The van der Waals surface area contributed by atoms with Crippen molar-refractivity contribution in [3.63, 3.8) is 0 Å². The smallest absolute Gasteiger partial charge is 0.00965 e. The fraction of sp³-hybridized carbons (Fsp3) is 1.00. The molecule has 0 atom stereocenters. The topological polar surface area (TPSA) is 15.3 Å². The van der Waals surface area contributed by atoms with E-state index in [1.54, 1.807) is 0 Å². The van der Waals surface area contributed by atoms with Gasteiger partial charge in [0.25, 0.3) is 0 Å². The highest BCUT2D eigenvalue weighted by Crippen LogP contribution is 2.25. The summed E-state index contributed by atoms with van der Waals surface area (Å²) in [6, 6.07) is 0. The molecule has 1 N–H and O–H groups in total. The normalized spacial score (nSPS) is 18.6. The van der Waals surface area contributed by atoms with Crippen molar-refractivity contribution in [1.29, 1.82) is 0 Å². The van der Waals surface area contributed by atoms with Gasteiger partial charge < -0.3 is 10.2 Å². The lowest BCUT2D eigenvalue weighted by Crippen LogP contribution is -2.37. The van der Waals surface area contributed by atoms with E-state index in [9.17, 15) is 0 Å². The molecule has 1 saturated carbocycles. The first-order valence-electron chi connectivity index (χ1n) is 6.91. The van der Waals surface area contributed by atoms with Crippen molar-refractivity contribution < 1.29 is 0 Å². The van der Waals surface area contributed by atoms with Crippen LogP contribution in [0.1, 0.15) is 52.9 Å². The Balaban J connectivity index is 1.99. The van der Waals surface area contributed by atoms with E-state index in [1.165, 1.54) is 45.2 Å². The molecule has 0 amide bonds. The van der Waals surface area contributed by atoms with Gasteiger partial charge in [0.15, 0.2) is 0 Å². The summed E-state index contributed by atoms with van der Waals surface area (Å²) in [5, 5.41) is 3.54. The molecule has 0 aromatic carbocycles. The van der Waals surface area contributed by atoms with Crippen LogP contribution >= 0.6 is 0 Å². The number of hydrogen-bond donors (Lipinski definition) is 1. The van der Waals surface area contributed by atoms with Crippen LogP contribution in [0, 0.1) is 5.92 Å². The van der Waals surface area contributed by atoms with E-state index in [0.717, 1.165) is 12.5 Å². The van der Waals surface area contributed by atoms with Gasteiger partial charge in [-0.25, -0.2) is 0 Å². The van der Waals surface area contributed by atoms with E-state index >= 15 is 0 Å². The molecule has 0 bridgehead atoms. The molecular weight excluding hydrogens is 196 g/mol. The van der Waals surface area contributed by atoms with E-state index in [1.807, 2.05) is 0 Å². The maximum atomic E-state index is 3.54. The summed E-state index contributed by atoms with van der Waals surface area (Å²) in [6.07, 6.45) is 7.11. The fourth-order valence-electron chi connectivity index (χ4n) is 2.54. The van der Waals surface area contributed by atoms with Crippen molar-refractivity contribution in [2.45, 2.75) is 58.4 Å².